The van der Waals surface area contributed by atoms with Crippen LogP contribution in [0.15, 0.2) is 36.4 Å². The minimum absolute atomic E-state index is 0.0134. The number of hydrogen-bond donors (Lipinski definition) is 0. The molecular weight excluding hydrogens is 412 g/mol. The quantitative estimate of drug-likeness (QED) is 0.548. The molecular formula is C24H26N2O4S. The van der Waals surface area contributed by atoms with E-state index in [9.17, 15) is 4.79 Å². The lowest BCUT2D eigenvalue weighted by atomic mass is 10.0. The van der Waals surface area contributed by atoms with Crippen molar-refractivity contribution in [1.29, 1.82) is 0 Å². The Balaban J connectivity index is 1.45. The molecule has 3 heterocycles. The summed E-state index contributed by atoms with van der Waals surface area (Å²) in [6, 6.07) is 11.9. The SMILES string of the molecule is CC(C)c1cccc2sc(N(C[C@@H]3CCCO3)C(=O)Cc3ccc4c(c3)OCO4)nc12. The molecule has 1 aromatic heterocycles. The van der Waals surface area contributed by atoms with E-state index >= 15 is 0 Å². The van der Waals surface area contributed by atoms with Gasteiger partial charge in [-0.3, -0.25) is 9.69 Å². The number of carbonyl (C=O) groups excluding carboxylic acids is 1. The predicted octanol–water partition coefficient (Wildman–Crippen LogP) is 4.90. The smallest absolute Gasteiger partial charge is 0.233 e. The van der Waals surface area contributed by atoms with Crippen LogP contribution < -0.4 is 14.4 Å². The van der Waals surface area contributed by atoms with Crippen molar-refractivity contribution in [2.75, 3.05) is 24.8 Å². The van der Waals surface area contributed by atoms with Crippen LogP contribution in [0.1, 0.15) is 43.7 Å². The van der Waals surface area contributed by atoms with Crippen molar-refractivity contribution in [3.63, 3.8) is 0 Å². The van der Waals surface area contributed by atoms with Crippen molar-refractivity contribution in [2.45, 2.75) is 45.1 Å². The molecule has 0 spiro atoms. The average Bonchev–Trinajstić information content (AvgIpc) is 3.50. The van der Waals surface area contributed by atoms with Gasteiger partial charge in [0.05, 0.1) is 29.3 Å². The largest absolute Gasteiger partial charge is 0.454 e. The van der Waals surface area contributed by atoms with E-state index in [2.05, 4.69) is 32.0 Å². The van der Waals surface area contributed by atoms with Crippen LogP contribution in [0, 0.1) is 0 Å². The van der Waals surface area contributed by atoms with Crippen molar-refractivity contribution in [2.24, 2.45) is 0 Å². The van der Waals surface area contributed by atoms with Crippen LogP contribution in [0.25, 0.3) is 10.2 Å². The summed E-state index contributed by atoms with van der Waals surface area (Å²) in [6.07, 6.45) is 2.33. The number of amides is 1. The molecule has 0 bridgehead atoms. The molecule has 2 aromatic carbocycles. The molecule has 0 radical (unpaired) electrons. The zero-order valence-electron chi connectivity index (χ0n) is 17.8. The molecule has 7 heteroatoms. The summed E-state index contributed by atoms with van der Waals surface area (Å²) in [5.74, 6) is 1.80. The molecule has 1 atom stereocenters. The van der Waals surface area contributed by atoms with Crippen molar-refractivity contribution in [3.05, 3.63) is 47.5 Å². The molecule has 5 rings (SSSR count). The number of benzene rings is 2. The Kier molecular flexibility index (Phi) is 5.54. The summed E-state index contributed by atoms with van der Waals surface area (Å²) in [7, 11) is 0. The van der Waals surface area contributed by atoms with Crippen LogP contribution in [-0.2, 0) is 16.0 Å². The maximum Gasteiger partial charge on any atom is 0.233 e. The molecule has 3 aromatic rings. The number of fused-ring (bicyclic) bond motifs is 2. The van der Waals surface area contributed by atoms with Gasteiger partial charge in [-0.2, -0.15) is 0 Å². The number of carbonyl (C=O) groups is 1. The Morgan fingerprint density at radius 3 is 2.90 bits per heavy atom. The first kappa shape index (κ1) is 20.3. The topological polar surface area (TPSA) is 60.9 Å². The lowest BCUT2D eigenvalue weighted by molar-refractivity contribution is -0.118. The molecule has 0 aliphatic carbocycles. The standard InChI is InChI=1S/C24H26N2O4S/c1-15(2)18-6-3-7-21-23(18)25-24(31-21)26(13-17-5-4-10-28-17)22(27)12-16-8-9-19-20(11-16)30-14-29-19/h3,6-9,11,15,17H,4-5,10,12-14H2,1-2H3/t17-/m0/s1. The molecule has 1 amide bonds. The number of nitrogens with zero attached hydrogens (tertiary/aromatic N) is 2. The van der Waals surface area contributed by atoms with Gasteiger partial charge in [0.2, 0.25) is 12.7 Å². The second kappa shape index (κ2) is 8.48. The number of thiazole rings is 1. The minimum Gasteiger partial charge on any atom is -0.454 e. The average molecular weight is 439 g/mol. The number of hydrogen-bond acceptors (Lipinski definition) is 6. The van der Waals surface area contributed by atoms with Crippen LogP contribution in [0.2, 0.25) is 0 Å². The number of anilines is 1. The van der Waals surface area contributed by atoms with E-state index in [1.54, 1.807) is 11.3 Å². The highest BCUT2D eigenvalue weighted by Crippen LogP contribution is 2.35. The Labute approximate surface area is 185 Å². The third kappa shape index (κ3) is 4.12. The molecule has 1 saturated heterocycles. The van der Waals surface area contributed by atoms with Gasteiger partial charge in [0, 0.05) is 6.61 Å². The van der Waals surface area contributed by atoms with Crippen molar-refractivity contribution >= 4 is 32.6 Å². The van der Waals surface area contributed by atoms with Gasteiger partial charge >= 0.3 is 0 Å². The lowest BCUT2D eigenvalue weighted by Gasteiger charge is -2.23. The van der Waals surface area contributed by atoms with Gasteiger partial charge in [0.15, 0.2) is 16.6 Å². The molecule has 0 unspecified atom stereocenters. The fourth-order valence-corrected chi connectivity index (χ4v) is 5.17. The molecule has 6 nitrogen and oxygen atoms in total. The highest BCUT2D eigenvalue weighted by Gasteiger charge is 2.27. The first-order chi connectivity index (χ1) is 15.1. The van der Waals surface area contributed by atoms with Gasteiger partial charge in [-0.25, -0.2) is 4.98 Å². The van der Waals surface area contributed by atoms with E-state index < -0.39 is 0 Å². The number of rotatable bonds is 6. The predicted molar refractivity (Wildman–Crippen MR) is 121 cm³/mol. The maximum absolute atomic E-state index is 13.5. The summed E-state index contributed by atoms with van der Waals surface area (Å²) in [5, 5.41) is 0.740. The summed E-state index contributed by atoms with van der Waals surface area (Å²) < 4.78 is 17.8. The highest BCUT2D eigenvalue weighted by molar-refractivity contribution is 7.22. The van der Waals surface area contributed by atoms with Crippen molar-refractivity contribution in [1.82, 2.24) is 4.98 Å². The van der Waals surface area contributed by atoms with Crippen LogP contribution >= 0.6 is 11.3 Å². The first-order valence-electron chi connectivity index (χ1n) is 10.8. The Hall–Kier alpha value is -2.64. The highest BCUT2D eigenvalue weighted by atomic mass is 32.1. The normalized spacial score (nSPS) is 17.6. The molecule has 31 heavy (non-hydrogen) atoms. The van der Waals surface area contributed by atoms with Crippen LogP contribution in [-0.4, -0.2) is 36.9 Å². The molecule has 0 N–H and O–H groups in total. The zero-order chi connectivity index (χ0) is 21.4. The van der Waals surface area contributed by atoms with Crippen LogP contribution in [0.5, 0.6) is 11.5 Å². The first-order valence-corrected chi connectivity index (χ1v) is 11.6. The summed E-state index contributed by atoms with van der Waals surface area (Å²) in [6.45, 7) is 5.85. The number of ether oxygens (including phenoxy) is 3. The van der Waals surface area contributed by atoms with Crippen molar-refractivity contribution in [3.8, 4) is 11.5 Å². The Bertz CT molecular complexity index is 1100. The van der Waals surface area contributed by atoms with Gasteiger partial charge in [0.1, 0.15) is 0 Å². The van der Waals surface area contributed by atoms with Gasteiger partial charge in [-0.05, 0) is 48.1 Å². The minimum atomic E-state index is 0.0134. The van der Waals surface area contributed by atoms with Gasteiger partial charge in [-0.15, -0.1) is 0 Å². The lowest BCUT2D eigenvalue weighted by Crippen LogP contribution is -2.38. The summed E-state index contributed by atoms with van der Waals surface area (Å²) >= 11 is 1.57. The second-order valence-corrected chi connectivity index (χ2v) is 9.36. The third-order valence-corrected chi connectivity index (χ3v) is 6.84. The van der Waals surface area contributed by atoms with E-state index in [1.807, 2.05) is 23.1 Å². The maximum atomic E-state index is 13.5. The van der Waals surface area contributed by atoms with Crippen molar-refractivity contribution < 1.29 is 19.0 Å². The summed E-state index contributed by atoms with van der Waals surface area (Å²) in [4.78, 5) is 20.2. The number of para-hydroxylation sites is 1. The molecule has 2 aliphatic heterocycles. The third-order valence-electron chi connectivity index (χ3n) is 5.80. The molecule has 0 saturated carbocycles. The molecule has 162 valence electrons. The number of aromatic nitrogens is 1. The van der Waals surface area contributed by atoms with E-state index in [4.69, 9.17) is 19.2 Å². The second-order valence-electron chi connectivity index (χ2n) is 8.35. The zero-order valence-corrected chi connectivity index (χ0v) is 18.6. The van der Waals surface area contributed by atoms with E-state index in [1.165, 1.54) is 5.56 Å². The van der Waals surface area contributed by atoms with Gasteiger partial charge < -0.3 is 14.2 Å². The van der Waals surface area contributed by atoms with E-state index in [0.717, 1.165) is 46.1 Å². The fourth-order valence-electron chi connectivity index (χ4n) is 4.14. The van der Waals surface area contributed by atoms with E-state index in [-0.39, 0.29) is 25.2 Å². The van der Waals surface area contributed by atoms with Crippen LogP contribution in [0.4, 0.5) is 5.13 Å². The fraction of sp³-hybridized carbons (Fsp3) is 0.417. The molecule has 2 aliphatic rings. The van der Waals surface area contributed by atoms with Gasteiger partial charge in [0.25, 0.3) is 0 Å². The van der Waals surface area contributed by atoms with Crippen LogP contribution in [0.3, 0.4) is 0 Å². The Morgan fingerprint density at radius 2 is 2.10 bits per heavy atom. The monoisotopic (exact) mass is 438 g/mol. The summed E-state index contributed by atoms with van der Waals surface area (Å²) in [5.41, 5.74) is 3.10. The van der Waals surface area contributed by atoms with E-state index in [0.29, 0.717) is 18.2 Å². The van der Waals surface area contributed by atoms with Gasteiger partial charge in [-0.1, -0.05) is 43.4 Å². The Morgan fingerprint density at radius 1 is 1.23 bits per heavy atom. The molecule has 1 fully saturated rings.